The third-order valence-electron chi connectivity index (χ3n) is 2.78. The molecular weight excluding hydrogens is 326 g/mol. The van der Waals surface area contributed by atoms with Crippen LogP contribution in [0.15, 0.2) is 30.9 Å². The zero-order valence-corrected chi connectivity index (χ0v) is 12.0. The Bertz CT molecular complexity index is 875. The minimum atomic E-state index is -1.44. The van der Waals surface area contributed by atoms with Gasteiger partial charge in [-0.05, 0) is 18.2 Å². The quantitative estimate of drug-likeness (QED) is 0.665. The van der Waals surface area contributed by atoms with Crippen molar-refractivity contribution < 1.29 is 14.7 Å². The second kappa shape index (κ2) is 5.85. The first kappa shape index (κ1) is 14.7. The fraction of sp³-hybridized carbons (Fsp3) is 0. The second-order valence-electron chi connectivity index (χ2n) is 4.29. The number of halogens is 1. The van der Waals surface area contributed by atoms with E-state index in [1.165, 1.54) is 35.4 Å². The summed E-state index contributed by atoms with van der Waals surface area (Å²) in [6.07, 6.45) is 2.74. The van der Waals surface area contributed by atoms with Gasteiger partial charge in [-0.1, -0.05) is 11.6 Å². The van der Waals surface area contributed by atoms with Crippen molar-refractivity contribution in [3.63, 3.8) is 0 Å². The number of aromatic nitrogens is 6. The number of nitrogens with zero attached hydrogens (tertiary/aromatic N) is 5. The van der Waals surface area contributed by atoms with E-state index in [4.69, 9.17) is 11.6 Å². The number of anilines is 1. The van der Waals surface area contributed by atoms with E-state index in [1.54, 1.807) is 0 Å². The summed E-state index contributed by atoms with van der Waals surface area (Å²) in [5, 5.41) is 26.9. The molecule has 23 heavy (non-hydrogen) atoms. The molecule has 116 valence electrons. The molecule has 0 unspecified atom stereocenters. The number of hydrogen-bond acceptors (Lipinski definition) is 7. The molecule has 1 amide bonds. The fourth-order valence-corrected chi connectivity index (χ4v) is 1.92. The third kappa shape index (κ3) is 3.01. The molecule has 0 aliphatic carbocycles. The summed E-state index contributed by atoms with van der Waals surface area (Å²) in [7, 11) is 0. The molecule has 0 fully saturated rings. The van der Waals surface area contributed by atoms with Gasteiger partial charge < -0.3 is 15.2 Å². The Morgan fingerprint density at radius 3 is 2.70 bits per heavy atom. The summed E-state index contributed by atoms with van der Waals surface area (Å²) in [5.74, 6) is -1.94. The number of H-pyrrole nitrogens is 1. The van der Waals surface area contributed by atoms with Gasteiger partial charge in [-0.3, -0.25) is 14.5 Å². The van der Waals surface area contributed by atoms with Crippen molar-refractivity contribution in [1.29, 1.82) is 0 Å². The number of carboxylic acid groups (broad SMARTS) is 1. The van der Waals surface area contributed by atoms with Crippen LogP contribution in [-0.4, -0.2) is 41.8 Å². The van der Waals surface area contributed by atoms with Crippen LogP contribution in [0.25, 0.3) is 5.95 Å². The number of carboxylic acids is 1. The van der Waals surface area contributed by atoms with Crippen LogP contribution in [0.4, 0.5) is 5.69 Å². The molecule has 0 atom stereocenters. The number of benzene rings is 1. The zero-order chi connectivity index (χ0) is 16.4. The molecule has 2 N–H and O–H groups in total. The van der Waals surface area contributed by atoms with E-state index in [0.717, 1.165) is 0 Å². The highest BCUT2D eigenvalue weighted by atomic mass is 35.5. The first-order valence-corrected chi connectivity index (χ1v) is 6.52. The van der Waals surface area contributed by atoms with Gasteiger partial charge in [-0.15, -0.1) is 15.3 Å². The van der Waals surface area contributed by atoms with Gasteiger partial charge in [0.2, 0.25) is 5.82 Å². The summed E-state index contributed by atoms with van der Waals surface area (Å²) in [5.41, 5.74) is -0.00642. The lowest BCUT2D eigenvalue weighted by molar-refractivity contribution is -0.255. The van der Waals surface area contributed by atoms with Gasteiger partial charge in [-0.2, -0.15) is 4.98 Å². The number of rotatable bonds is 4. The molecule has 0 radical (unpaired) electrons. The predicted molar refractivity (Wildman–Crippen MR) is 75.0 cm³/mol. The van der Waals surface area contributed by atoms with Crippen molar-refractivity contribution in [2.75, 3.05) is 5.32 Å². The van der Waals surface area contributed by atoms with Gasteiger partial charge >= 0.3 is 0 Å². The van der Waals surface area contributed by atoms with Crippen LogP contribution >= 0.6 is 11.6 Å². The summed E-state index contributed by atoms with van der Waals surface area (Å²) in [4.78, 5) is 27.0. The molecule has 3 aromatic rings. The Morgan fingerprint density at radius 1 is 1.26 bits per heavy atom. The lowest BCUT2D eigenvalue weighted by atomic mass is 10.2. The van der Waals surface area contributed by atoms with E-state index in [-0.39, 0.29) is 28.0 Å². The van der Waals surface area contributed by atoms with Crippen LogP contribution in [0.3, 0.4) is 0 Å². The topological polar surface area (TPSA) is 142 Å². The zero-order valence-electron chi connectivity index (χ0n) is 11.2. The highest BCUT2D eigenvalue weighted by molar-refractivity contribution is 6.33. The molecule has 1 aromatic carbocycles. The molecule has 0 saturated heterocycles. The number of aromatic amines is 1. The summed E-state index contributed by atoms with van der Waals surface area (Å²) in [6, 6.07) is 3.97. The van der Waals surface area contributed by atoms with Gasteiger partial charge in [0.05, 0.1) is 5.97 Å². The van der Waals surface area contributed by atoms with E-state index in [0.29, 0.717) is 0 Å². The molecule has 0 spiro atoms. The average molecular weight is 333 g/mol. The maximum atomic E-state index is 12.1. The van der Waals surface area contributed by atoms with Crippen molar-refractivity contribution in [3.8, 4) is 5.95 Å². The second-order valence-corrected chi connectivity index (χ2v) is 4.70. The smallest absolute Gasteiger partial charge is 0.293 e. The number of hydrogen-bond donors (Lipinski definition) is 2. The number of nitrogens with one attached hydrogen (secondary N) is 2. The van der Waals surface area contributed by atoms with Crippen LogP contribution in [0, 0.1) is 0 Å². The molecule has 10 nitrogen and oxygen atoms in total. The van der Waals surface area contributed by atoms with Crippen LogP contribution in [0.1, 0.15) is 21.0 Å². The molecule has 0 aliphatic rings. The highest BCUT2D eigenvalue weighted by Gasteiger charge is 2.14. The van der Waals surface area contributed by atoms with E-state index in [9.17, 15) is 14.7 Å². The maximum Gasteiger partial charge on any atom is 0.293 e. The average Bonchev–Trinajstić information content (AvgIpc) is 3.19. The highest BCUT2D eigenvalue weighted by Crippen LogP contribution is 2.20. The SMILES string of the molecule is O=C(Nc1ccc(Cl)c(C(=O)[O-])c1)c1nc(-n2cnnc2)n[nH]1. The van der Waals surface area contributed by atoms with Gasteiger partial charge in [-0.25, -0.2) is 0 Å². The number of carbonyl (C=O) groups is 2. The third-order valence-corrected chi connectivity index (χ3v) is 3.11. The fourth-order valence-electron chi connectivity index (χ4n) is 1.72. The first-order valence-electron chi connectivity index (χ1n) is 6.14. The van der Waals surface area contributed by atoms with Crippen molar-refractivity contribution in [1.82, 2.24) is 29.9 Å². The molecule has 2 aromatic heterocycles. The maximum absolute atomic E-state index is 12.1. The van der Waals surface area contributed by atoms with E-state index >= 15 is 0 Å². The lowest BCUT2D eigenvalue weighted by Crippen LogP contribution is -2.23. The Hall–Kier alpha value is -3.27. The Labute approximate surface area is 133 Å². The molecule has 0 saturated carbocycles. The molecule has 11 heteroatoms. The van der Waals surface area contributed by atoms with Crippen LogP contribution in [0.2, 0.25) is 5.02 Å². The van der Waals surface area contributed by atoms with Crippen molar-refractivity contribution in [2.24, 2.45) is 0 Å². The predicted octanol–water partition coefficient (Wildman–Crippen LogP) is -0.345. The van der Waals surface area contributed by atoms with Crippen LogP contribution in [0.5, 0.6) is 0 Å². The molecule has 0 bridgehead atoms. The van der Waals surface area contributed by atoms with E-state index in [1.807, 2.05) is 0 Å². The van der Waals surface area contributed by atoms with Crippen molar-refractivity contribution >= 4 is 29.2 Å². The van der Waals surface area contributed by atoms with Gasteiger partial charge in [0.1, 0.15) is 12.7 Å². The lowest BCUT2D eigenvalue weighted by Gasteiger charge is -2.08. The van der Waals surface area contributed by atoms with Crippen molar-refractivity contribution in [3.05, 3.63) is 47.3 Å². The van der Waals surface area contributed by atoms with Gasteiger partial charge in [0.15, 0.2) is 0 Å². The normalized spacial score (nSPS) is 10.5. The van der Waals surface area contributed by atoms with E-state index in [2.05, 4.69) is 30.7 Å². The molecule has 2 heterocycles. The first-order chi connectivity index (χ1) is 11.0. The van der Waals surface area contributed by atoms with Gasteiger partial charge in [0.25, 0.3) is 11.9 Å². The van der Waals surface area contributed by atoms with Crippen LogP contribution < -0.4 is 10.4 Å². The number of amides is 1. The molecule has 3 rings (SSSR count). The number of carbonyl (C=O) groups excluding carboxylic acids is 2. The Balaban J connectivity index is 1.80. The summed E-state index contributed by atoms with van der Waals surface area (Å²) < 4.78 is 1.41. The number of aromatic carboxylic acids is 1. The molecular formula is C12H7ClN7O3-. The largest absolute Gasteiger partial charge is 0.545 e. The Morgan fingerprint density at radius 2 is 2.00 bits per heavy atom. The standard InChI is InChI=1S/C12H8ClN7O3/c13-8-2-1-6(3-7(8)11(22)23)16-10(21)9-17-12(19-18-9)20-4-14-15-5-20/h1-5H,(H,16,21)(H,22,23)(H,17,18,19)/p-1. The van der Waals surface area contributed by atoms with Crippen molar-refractivity contribution in [2.45, 2.75) is 0 Å². The minimum absolute atomic E-state index is 0.0116. The molecule has 0 aliphatic heterocycles. The Kier molecular flexibility index (Phi) is 3.73. The van der Waals surface area contributed by atoms with E-state index < -0.39 is 11.9 Å². The van der Waals surface area contributed by atoms with Crippen LogP contribution in [-0.2, 0) is 0 Å². The monoisotopic (exact) mass is 332 g/mol. The summed E-state index contributed by atoms with van der Waals surface area (Å²) >= 11 is 5.73. The minimum Gasteiger partial charge on any atom is -0.545 e. The summed E-state index contributed by atoms with van der Waals surface area (Å²) in [6.45, 7) is 0. The van der Waals surface area contributed by atoms with Gasteiger partial charge in [0, 0.05) is 16.3 Å².